The van der Waals surface area contributed by atoms with Crippen molar-refractivity contribution >= 4 is 5.96 Å². The Bertz CT molecular complexity index is 396. The molecule has 0 amide bonds. The first-order valence-corrected chi connectivity index (χ1v) is 7.64. The van der Waals surface area contributed by atoms with Crippen molar-refractivity contribution in [2.75, 3.05) is 26.2 Å². The number of piperidine rings is 1. The SMILES string of the molecule is NC(=NCc1ccccc1)NCCCN1CCCCC1. The Morgan fingerprint density at radius 1 is 1.15 bits per heavy atom. The number of rotatable bonds is 6. The molecule has 0 aromatic heterocycles. The number of likely N-dealkylation sites (tertiary alicyclic amines) is 1. The zero-order chi connectivity index (χ0) is 14.0. The smallest absolute Gasteiger partial charge is 0.188 e. The topological polar surface area (TPSA) is 53.6 Å². The van der Waals surface area contributed by atoms with Gasteiger partial charge in [-0.15, -0.1) is 0 Å². The summed E-state index contributed by atoms with van der Waals surface area (Å²) in [6, 6.07) is 10.2. The summed E-state index contributed by atoms with van der Waals surface area (Å²) in [7, 11) is 0. The first-order chi connectivity index (χ1) is 9.84. The van der Waals surface area contributed by atoms with Crippen LogP contribution in [0.5, 0.6) is 0 Å². The molecule has 1 aliphatic rings. The molecule has 0 bridgehead atoms. The largest absolute Gasteiger partial charge is 0.370 e. The second-order valence-corrected chi connectivity index (χ2v) is 5.37. The highest BCUT2D eigenvalue weighted by Crippen LogP contribution is 2.08. The van der Waals surface area contributed by atoms with Crippen LogP contribution >= 0.6 is 0 Å². The van der Waals surface area contributed by atoms with Gasteiger partial charge in [0.05, 0.1) is 6.54 Å². The van der Waals surface area contributed by atoms with Gasteiger partial charge in [-0.25, -0.2) is 4.99 Å². The predicted octanol–water partition coefficient (Wildman–Crippen LogP) is 1.97. The van der Waals surface area contributed by atoms with E-state index in [1.807, 2.05) is 18.2 Å². The second-order valence-electron chi connectivity index (χ2n) is 5.37. The van der Waals surface area contributed by atoms with Crippen LogP contribution in [0, 0.1) is 0 Å². The van der Waals surface area contributed by atoms with E-state index in [9.17, 15) is 0 Å². The van der Waals surface area contributed by atoms with Crippen molar-refractivity contribution < 1.29 is 0 Å². The maximum atomic E-state index is 5.87. The first kappa shape index (κ1) is 14.9. The number of hydrogen-bond donors (Lipinski definition) is 2. The summed E-state index contributed by atoms with van der Waals surface area (Å²) in [6.07, 6.45) is 5.23. The van der Waals surface area contributed by atoms with E-state index in [1.165, 1.54) is 44.5 Å². The number of hydrogen-bond acceptors (Lipinski definition) is 2. The molecule has 0 saturated carbocycles. The van der Waals surface area contributed by atoms with Crippen molar-refractivity contribution in [3.63, 3.8) is 0 Å². The highest BCUT2D eigenvalue weighted by molar-refractivity contribution is 5.77. The lowest BCUT2D eigenvalue weighted by molar-refractivity contribution is 0.227. The standard InChI is InChI=1S/C16H26N4/c17-16(19-14-15-8-3-1-4-9-15)18-10-7-13-20-11-5-2-6-12-20/h1,3-4,8-9H,2,5-7,10-14H2,(H3,17,18,19). The normalized spacial score (nSPS) is 17.1. The van der Waals surface area contributed by atoms with Crippen LogP contribution in [-0.4, -0.2) is 37.0 Å². The van der Waals surface area contributed by atoms with Crippen LogP contribution in [0.3, 0.4) is 0 Å². The minimum atomic E-state index is 0.549. The van der Waals surface area contributed by atoms with Crippen molar-refractivity contribution in [2.45, 2.75) is 32.2 Å². The molecule has 0 radical (unpaired) electrons. The Morgan fingerprint density at radius 3 is 2.65 bits per heavy atom. The van der Waals surface area contributed by atoms with E-state index in [4.69, 9.17) is 5.73 Å². The van der Waals surface area contributed by atoms with E-state index in [2.05, 4.69) is 27.3 Å². The minimum absolute atomic E-state index is 0.549. The second kappa shape index (κ2) is 8.59. The average molecular weight is 274 g/mol. The summed E-state index contributed by atoms with van der Waals surface area (Å²) in [5.74, 6) is 0.549. The van der Waals surface area contributed by atoms with E-state index in [1.54, 1.807) is 0 Å². The molecular formula is C16H26N4. The Labute approximate surface area is 122 Å². The molecule has 0 spiro atoms. The third-order valence-electron chi connectivity index (χ3n) is 3.68. The van der Waals surface area contributed by atoms with Gasteiger partial charge in [-0.2, -0.15) is 0 Å². The van der Waals surface area contributed by atoms with Crippen molar-refractivity contribution in [2.24, 2.45) is 10.7 Å². The Morgan fingerprint density at radius 2 is 1.90 bits per heavy atom. The van der Waals surface area contributed by atoms with Crippen molar-refractivity contribution in [1.82, 2.24) is 10.2 Å². The maximum Gasteiger partial charge on any atom is 0.188 e. The number of guanidine groups is 1. The lowest BCUT2D eigenvalue weighted by Crippen LogP contribution is -2.36. The molecule has 1 saturated heterocycles. The van der Waals surface area contributed by atoms with Gasteiger partial charge in [0.15, 0.2) is 5.96 Å². The zero-order valence-corrected chi connectivity index (χ0v) is 12.2. The van der Waals surface area contributed by atoms with Crippen LogP contribution in [0.25, 0.3) is 0 Å². The van der Waals surface area contributed by atoms with E-state index >= 15 is 0 Å². The third-order valence-corrected chi connectivity index (χ3v) is 3.68. The number of aliphatic imine (C=N–C) groups is 1. The number of nitrogens with one attached hydrogen (secondary N) is 1. The molecule has 1 aliphatic heterocycles. The van der Waals surface area contributed by atoms with Gasteiger partial charge in [0.1, 0.15) is 0 Å². The molecule has 0 aliphatic carbocycles. The molecule has 110 valence electrons. The van der Waals surface area contributed by atoms with Gasteiger partial charge in [-0.05, 0) is 44.5 Å². The molecule has 1 heterocycles. The van der Waals surface area contributed by atoms with Gasteiger partial charge in [0.2, 0.25) is 0 Å². The lowest BCUT2D eigenvalue weighted by Gasteiger charge is -2.26. The first-order valence-electron chi connectivity index (χ1n) is 7.64. The highest BCUT2D eigenvalue weighted by atomic mass is 15.1. The molecule has 0 unspecified atom stereocenters. The Balaban J connectivity index is 1.58. The van der Waals surface area contributed by atoms with Gasteiger partial charge in [-0.1, -0.05) is 36.8 Å². The summed E-state index contributed by atoms with van der Waals surface area (Å²) in [5.41, 5.74) is 7.05. The van der Waals surface area contributed by atoms with Crippen LogP contribution < -0.4 is 11.1 Å². The fraction of sp³-hybridized carbons (Fsp3) is 0.562. The molecule has 1 fully saturated rings. The summed E-state index contributed by atoms with van der Waals surface area (Å²) in [4.78, 5) is 6.89. The van der Waals surface area contributed by atoms with Gasteiger partial charge in [0, 0.05) is 6.54 Å². The number of nitrogens with two attached hydrogens (primary N) is 1. The molecule has 2 rings (SSSR count). The molecular weight excluding hydrogens is 248 g/mol. The molecule has 4 heteroatoms. The average Bonchev–Trinajstić information content (AvgIpc) is 2.52. The van der Waals surface area contributed by atoms with E-state index in [0.29, 0.717) is 12.5 Å². The molecule has 3 N–H and O–H groups in total. The fourth-order valence-electron chi connectivity index (χ4n) is 2.52. The molecule has 4 nitrogen and oxygen atoms in total. The van der Waals surface area contributed by atoms with Gasteiger partial charge in [-0.3, -0.25) is 0 Å². The highest BCUT2D eigenvalue weighted by Gasteiger charge is 2.08. The lowest BCUT2D eigenvalue weighted by atomic mass is 10.1. The summed E-state index contributed by atoms with van der Waals surface area (Å²) >= 11 is 0. The molecule has 1 aromatic carbocycles. The van der Waals surface area contributed by atoms with E-state index in [-0.39, 0.29) is 0 Å². The van der Waals surface area contributed by atoms with Crippen LogP contribution in [0.1, 0.15) is 31.2 Å². The molecule has 1 aromatic rings. The van der Waals surface area contributed by atoms with Crippen LogP contribution in [0.15, 0.2) is 35.3 Å². The van der Waals surface area contributed by atoms with Gasteiger partial charge < -0.3 is 16.0 Å². The van der Waals surface area contributed by atoms with Crippen LogP contribution in [0.2, 0.25) is 0 Å². The Kier molecular flexibility index (Phi) is 6.38. The Hall–Kier alpha value is -1.55. The number of benzene rings is 1. The summed E-state index contributed by atoms with van der Waals surface area (Å²) in [6.45, 7) is 5.24. The van der Waals surface area contributed by atoms with E-state index in [0.717, 1.165) is 13.0 Å². The van der Waals surface area contributed by atoms with Crippen molar-refractivity contribution in [3.8, 4) is 0 Å². The third kappa shape index (κ3) is 5.61. The molecule has 20 heavy (non-hydrogen) atoms. The quantitative estimate of drug-likeness (QED) is 0.474. The minimum Gasteiger partial charge on any atom is -0.370 e. The van der Waals surface area contributed by atoms with Gasteiger partial charge in [0.25, 0.3) is 0 Å². The fourth-order valence-corrected chi connectivity index (χ4v) is 2.52. The number of nitrogens with zero attached hydrogens (tertiary/aromatic N) is 2. The van der Waals surface area contributed by atoms with Crippen LogP contribution in [0.4, 0.5) is 0 Å². The maximum absolute atomic E-state index is 5.87. The van der Waals surface area contributed by atoms with E-state index < -0.39 is 0 Å². The van der Waals surface area contributed by atoms with Crippen LogP contribution in [-0.2, 0) is 6.54 Å². The predicted molar refractivity (Wildman–Crippen MR) is 84.7 cm³/mol. The zero-order valence-electron chi connectivity index (χ0n) is 12.2. The van der Waals surface area contributed by atoms with Crippen molar-refractivity contribution in [1.29, 1.82) is 0 Å². The molecule has 0 atom stereocenters. The van der Waals surface area contributed by atoms with Crippen molar-refractivity contribution in [3.05, 3.63) is 35.9 Å². The monoisotopic (exact) mass is 274 g/mol. The van der Waals surface area contributed by atoms with Gasteiger partial charge >= 0.3 is 0 Å². The summed E-state index contributed by atoms with van der Waals surface area (Å²) < 4.78 is 0. The summed E-state index contributed by atoms with van der Waals surface area (Å²) in [5, 5.41) is 3.19.